The van der Waals surface area contributed by atoms with Crippen LogP contribution >= 0.6 is 11.6 Å². The van der Waals surface area contributed by atoms with E-state index >= 15 is 0 Å². The van der Waals surface area contributed by atoms with Crippen LogP contribution in [0.1, 0.15) is 5.56 Å². The second kappa shape index (κ2) is 6.06. The molecule has 6 heteroatoms. The highest BCUT2D eigenvalue weighted by Gasteiger charge is 2.42. The molecule has 0 amide bonds. The Balaban J connectivity index is 3.25. The molecule has 0 aliphatic rings. The zero-order valence-corrected chi connectivity index (χ0v) is 17.7. The highest BCUT2D eigenvalue weighted by molar-refractivity contribution is 6.94. The second-order valence-electron chi connectivity index (χ2n) is 7.34. The fourth-order valence-corrected chi connectivity index (χ4v) is 14.1. The maximum atomic E-state index is 6.51. The van der Waals surface area contributed by atoms with Gasteiger partial charge in [-0.15, -0.1) is 0 Å². The summed E-state index contributed by atoms with van der Waals surface area (Å²) in [4.78, 5) is 0. The molecule has 2 nitrogen and oxygen atoms in total. The second-order valence-corrected chi connectivity index (χ2v) is 20.3. The van der Waals surface area contributed by atoms with Crippen LogP contribution in [0.3, 0.4) is 0 Å². The summed E-state index contributed by atoms with van der Waals surface area (Å²) in [7, 11) is -5.79. The topological polar surface area (TPSA) is 18.5 Å². The summed E-state index contributed by atoms with van der Waals surface area (Å²) in [6, 6.07) is 6.21. The Morgan fingerprint density at radius 3 is 1.65 bits per heavy atom. The Morgan fingerprint density at radius 1 is 0.850 bits per heavy atom. The van der Waals surface area contributed by atoms with E-state index in [9.17, 15) is 0 Å². The molecule has 0 aliphatic heterocycles. The number of hydrogen-bond donors (Lipinski definition) is 0. The largest absolute Gasteiger partial charge is 0.433 e. The van der Waals surface area contributed by atoms with Crippen LogP contribution in [0.15, 0.2) is 18.2 Å². The lowest BCUT2D eigenvalue weighted by atomic mass is 10.2. The molecular formula is C14H27ClO2Si3. The molecular weight excluding hydrogens is 320 g/mol. The number of benzene rings is 1. The number of aryl methyl sites for hydroxylation is 1. The number of halogens is 1. The summed E-state index contributed by atoms with van der Waals surface area (Å²) in [6.45, 7) is 17.4. The highest BCUT2D eigenvalue weighted by atomic mass is 35.5. The lowest BCUT2D eigenvalue weighted by Crippen LogP contribution is -2.60. The summed E-state index contributed by atoms with van der Waals surface area (Å²) in [5, 5.41) is 1.93. The average Bonchev–Trinajstić information content (AvgIpc) is 2.16. The molecule has 0 bridgehead atoms. The Bertz CT molecular complexity index is 462. The van der Waals surface area contributed by atoms with Gasteiger partial charge in [0.1, 0.15) is 0 Å². The van der Waals surface area contributed by atoms with Crippen LogP contribution in [0.4, 0.5) is 0 Å². The fourth-order valence-electron chi connectivity index (χ4n) is 2.18. The van der Waals surface area contributed by atoms with Crippen LogP contribution in [0.25, 0.3) is 0 Å². The van der Waals surface area contributed by atoms with Crippen molar-refractivity contribution in [2.24, 2.45) is 0 Å². The fraction of sp³-hybridized carbons (Fsp3) is 0.571. The van der Waals surface area contributed by atoms with Crippen LogP contribution in [0.2, 0.25) is 50.9 Å². The van der Waals surface area contributed by atoms with Crippen LogP contribution in [-0.4, -0.2) is 25.2 Å². The number of hydrogen-bond acceptors (Lipinski definition) is 2. The summed E-state index contributed by atoms with van der Waals surface area (Å²) in [6.07, 6.45) is 0. The maximum Gasteiger partial charge on any atom is 0.348 e. The van der Waals surface area contributed by atoms with Gasteiger partial charge in [-0.1, -0.05) is 23.7 Å². The molecule has 0 heterocycles. The molecule has 0 fully saturated rings. The molecule has 0 radical (unpaired) electrons. The van der Waals surface area contributed by atoms with Crippen LogP contribution in [0, 0.1) is 6.92 Å². The van der Waals surface area contributed by atoms with E-state index in [0.29, 0.717) is 0 Å². The summed E-state index contributed by atoms with van der Waals surface area (Å²) in [5.74, 6) is 0. The summed E-state index contributed by atoms with van der Waals surface area (Å²) >= 11 is 6.30. The molecule has 1 rings (SSSR count). The maximum absolute atomic E-state index is 6.51. The third kappa shape index (κ3) is 5.46. The molecule has 0 unspecified atom stereocenters. The minimum atomic E-state index is -2.41. The van der Waals surface area contributed by atoms with Crippen molar-refractivity contribution in [2.45, 2.75) is 52.8 Å². The first-order valence-corrected chi connectivity index (χ1v) is 16.5. The van der Waals surface area contributed by atoms with Gasteiger partial charge >= 0.3 is 8.56 Å². The third-order valence-corrected chi connectivity index (χ3v) is 12.5. The van der Waals surface area contributed by atoms with Gasteiger partial charge in [-0.3, -0.25) is 0 Å². The van der Waals surface area contributed by atoms with Crippen molar-refractivity contribution in [1.29, 1.82) is 0 Å². The van der Waals surface area contributed by atoms with Crippen molar-refractivity contribution in [3.8, 4) is 0 Å². The third-order valence-electron chi connectivity index (χ3n) is 2.70. The minimum absolute atomic E-state index is 0.791. The van der Waals surface area contributed by atoms with Gasteiger partial charge in [-0.05, 0) is 69.6 Å². The van der Waals surface area contributed by atoms with Crippen molar-refractivity contribution >= 4 is 42.0 Å². The van der Waals surface area contributed by atoms with Crippen LogP contribution in [0.5, 0.6) is 0 Å². The molecule has 0 saturated carbocycles. The SMILES string of the molecule is Cc1ccc([Si](C)(O[Si](C)(C)C)O[Si](C)(C)C)cc1Cl. The van der Waals surface area contributed by atoms with Gasteiger partial charge in [-0.25, -0.2) is 0 Å². The van der Waals surface area contributed by atoms with Gasteiger partial charge in [0.25, 0.3) is 0 Å². The van der Waals surface area contributed by atoms with E-state index in [2.05, 4.69) is 58.0 Å². The predicted octanol–water partition coefficient (Wildman–Crippen LogP) is 4.63. The average molecular weight is 347 g/mol. The van der Waals surface area contributed by atoms with E-state index in [1.54, 1.807) is 0 Å². The number of rotatable bonds is 5. The van der Waals surface area contributed by atoms with Gasteiger partial charge < -0.3 is 8.23 Å². The molecule has 0 spiro atoms. The first-order chi connectivity index (χ1) is 8.82. The summed E-state index contributed by atoms with van der Waals surface area (Å²) < 4.78 is 13.0. The molecule has 20 heavy (non-hydrogen) atoms. The quantitative estimate of drug-likeness (QED) is 0.723. The summed E-state index contributed by atoms with van der Waals surface area (Å²) in [5.41, 5.74) is 1.09. The molecule has 1 aromatic rings. The van der Waals surface area contributed by atoms with E-state index in [1.807, 2.05) is 13.0 Å². The highest BCUT2D eigenvalue weighted by Crippen LogP contribution is 2.23. The Kier molecular flexibility index (Phi) is 5.49. The van der Waals surface area contributed by atoms with Gasteiger partial charge in [0, 0.05) is 5.02 Å². The lowest BCUT2D eigenvalue weighted by Gasteiger charge is -2.38. The normalized spacial score (nSPS) is 13.7. The first kappa shape index (κ1) is 18.1. The first-order valence-electron chi connectivity index (χ1n) is 6.99. The van der Waals surface area contributed by atoms with Crippen LogP contribution < -0.4 is 5.19 Å². The standard InChI is InChI=1S/C14H27ClO2Si3/c1-12-9-10-13(11-14(12)15)20(8,16-18(2,3)4)17-19(5,6)7/h9-11H,1-8H3. The molecule has 1 aromatic carbocycles. The van der Waals surface area contributed by atoms with E-state index < -0.39 is 25.2 Å². The molecule has 0 aliphatic carbocycles. The molecule has 0 N–H and O–H groups in total. The van der Waals surface area contributed by atoms with Crippen molar-refractivity contribution < 1.29 is 8.23 Å². The van der Waals surface area contributed by atoms with Crippen molar-refractivity contribution in [2.75, 3.05) is 0 Å². The van der Waals surface area contributed by atoms with E-state index in [1.165, 1.54) is 0 Å². The lowest BCUT2D eigenvalue weighted by molar-refractivity contribution is 0.404. The van der Waals surface area contributed by atoms with Gasteiger partial charge in [-0.2, -0.15) is 0 Å². The van der Waals surface area contributed by atoms with Gasteiger partial charge in [0.15, 0.2) is 16.6 Å². The minimum Gasteiger partial charge on any atom is -0.433 e. The Morgan fingerprint density at radius 2 is 1.30 bits per heavy atom. The molecule has 0 aromatic heterocycles. The van der Waals surface area contributed by atoms with Crippen molar-refractivity contribution in [1.82, 2.24) is 0 Å². The van der Waals surface area contributed by atoms with E-state index in [-0.39, 0.29) is 0 Å². The molecule has 0 atom stereocenters. The molecule has 114 valence electrons. The zero-order valence-electron chi connectivity index (χ0n) is 13.9. The Hall–Kier alpha value is 0.0806. The van der Waals surface area contributed by atoms with Gasteiger partial charge in [0.2, 0.25) is 0 Å². The van der Waals surface area contributed by atoms with Crippen LogP contribution in [-0.2, 0) is 8.23 Å². The van der Waals surface area contributed by atoms with E-state index in [0.717, 1.165) is 15.8 Å². The van der Waals surface area contributed by atoms with Crippen molar-refractivity contribution in [3.05, 3.63) is 28.8 Å². The van der Waals surface area contributed by atoms with E-state index in [4.69, 9.17) is 19.8 Å². The van der Waals surface area contributed by atoms with Gasteiger partial charge in [0.05, 0.1) is 0 Å². The Labute approximate surface area is 132 Å². The molecule has 0 saturated heterocycles. The smallest absolute Gasteiger partial charge is 0.348 e. The monoisotopic (exact) mass is 346 g/mol. The zero-order chi connectivity index (χ0) is 15.8. The predicted molar refractivity (Wildman–Crippen MR) is 96.3 cm³/mol. The van der Waals surface area contributed by atoms with Crippen molar-refractivity contribution in [3.63, 3.8) is 0 Å².